The first kappa shape index (κ1) is 88.0. The fraction of sp³-hybridized carbons (Fsp3) is 0.935. The molecule has 0 spiro atoms. The van der Waals surface area contributed by atoms with Gasteiger partial charge in [-0.1, -0.05) is 61.8 Å². The Labute approximate surface area is 637 Å². The molecule has 15 fully saturated rings. The van der Waals surface area contributed by atoms with Crippen LogP contribution in [0.15, 0.2) is 0 Å². The molecule has 0 aromatic heterocycles. The van der Waals surface area contributed by atoms with Crippen molar-refractivity contribution in [1.82, 2.24) is 0 Å². The Morgan fingerprint density at radius 3 is 0.885 bits per heavy atom. The van der Waals surface area contributed by atoms with Crippen LogP contribution < -0.4 is 0 Å². The van der Waals surface area contributed by atoms with Crippen molar-refractivity contribution < 1.29 is 57.2 Å². The van der Waals surface area contributed by atoms with E-state index >= 15 is 0 Å². The monoisotopic (exact) mass is 1460 g/mol. The number of hydrogen-bond donors (Lipinski definition) is 0. The molecule has 12 bridgehead atoms. The number of esters is 6. The van der Waals surface area contributed by atoms with Crippen molar-refractivity contribution in [2.24, 2.45) is 103 Å². The molecule has 15 saturated carbocycles. The Kier molecular flexibility index (Phi) is 29.0. The molecule has 0 atom stereocenters. The summed E-state index contributed by atoms with van der Waals surface area (Å²) in [5, 5.41) is 0. The molecule has 0 saturated heterocycles. The highest BCUT2D eigenvalue weighted by molar-refractivity contribution is 5.79. The topological polar surface area (TPSA) is 158 Å². The Bertz CT molecular complexity index is 2750. The highest BCUT2D eigenvalue weighted by Crippen LogP contribution is 2.66. The molecule has 0 amide bonds. The van der Waals surface area contributed by atoms with E-state index in [9.17, 15) is 28.8 Å². The van der Waals surface area contributed by atoms with Gasteiger partial charge >= 0.3 is 35.8 Å². The van der Waals surface area contributed by atoms with Gasteiger partial charge in [0.25, 0.3) is 0 Å². The summed E-state index contributed by atoms with van der Waals surface area (Å²) in [7, 11) is 0. The predicted molar refractivity (Wildman–Crippen MR) is 421 cm³/mol. The van der Waals surface area contributed by atoms with Gasteiger partial charge in [-0.3, -0.25) is 28.8 Å². The number of hydrogen-bond acceptors (Lipinski definition) is 12. The Morgan fingerprint density at radius 1 is 0.298 bits per heavy atom. The highest BCUT2D eigenvalue weighted by atomic mass is 16.6. The summed E-state index contributed by atoms with van der Waals surface area (Å²) < 4.78 is 35.6. The largest absolute Gasteiger partial charge is 0.459 e. The number of rotatable bonds is 21. The van der Waals surface area contributed by atoms with Gasteiger partial charge in [0.15, 0.2) is 0 Å². The molecule has 0 aliphatic heterocycles. The van der Waals surface area contributed by atoms with Crippen molar-refractivity contribution in [1.29, 1.82) is 0 Å². The van der Waals surface area contributed by atoms with Crippen molar-refractivity contribution in [2.45, 2.75) is 444 Å². The van der Waals surface area contributed by atoms with Gasteiger partial charge < -0.3 is 28.4 Å². The SMILES string of the molecule is CCC(C)(C)C(=O)OC(C)(C)C12CC3CC(CC(C3)C1)C2.CCC(C)(C)C(=O)OC1(C)C2CC3CC(C2)CC1C3.CCC(C)(C)C(=O)OC1(C)CCCC1.CCC(C)(C)C(=O)OC1(C)CCCCC1.CCC(C)(C)C(=O)OC1(CC)C2CC3CC(C2)CC1C3.CCC1(OC(=O)C(C)(C)CC)CCCC1. The van der Waals surface area contributed by atoms with E-state index in [1.165, 1.54) is 148 Å². The highest BCUT2D eigenvalue weighted by Gasteiger charge is 2.62. The lowest BCUT2D eigenvalue weighted by Gasteiger charge is -2.61. The quantitative estimate of drug-likeness (QED) is 0.0792. The Morgan fingerprint density at radius 2 is 0.567 bits per heavy atom. The molecule has 0 heterocycles. The van der Waals surface area contributed by atoms with Crippen LogP contribution in [0.5, 0.6) is 0 Å². The van der Waals surface area contributed by atoms with Crippen molar-refractivity contribution >= 4 is 35.8 Å². The standard InChI is InChI=1S/C19H32O2.C18H30O2.C17H28O2.2C13H24O2.C12H22O2/c1-6-17(2,3)16(20)21-18(4,5)19-10-13-7-14(11-19)9-15(8-13)12-19;1-5-17(3,4)16(19)20-18(6-2)14-8-12-7-13(10-14)11-15(18)9-12;1-5-16(2,3)15(18)19-17(4)13-7-11-6-12(9-13)10-14(17)8-11;1-5-12(2,3)11(14)15-13(4)9-7-6-8-10-13;1-5-12(3,4)11(14)15-13(6-2)9-7-8-10-13;1-5-11(2,3)10(13)14-12(4)8-6-7-9-12/h13-15H,6-12H2,1-5H3;12-15H,5-11H2,1-4H3;11-14H,5-10H2,1-4H3;2*5-10H2,1-4H3;5-9H2,1-4H3. The molecule has 12 nitrogen and oxygen atoms in total. The molecule has 0 radical (unpaired) electrons. The lowest BCUT2D eigenvalue weighted by Crippen LogP contribution is -2.60. The summed E-state index contributed by atoms with van der Waals surface area (Å²) in [6.07, 6.45) is 43.1. The fourth-order valence-electron chi connectivity index (χ4n) is 21.2. The number of carbonyl (C=O) groups excluding carboxylic acids is 6. The first-order valence-corrected chi connectivity index (χ1v) is 43.6. The predicted octanol–water partition coefficient (Wildman–Crippen LogP) is 24.4. The van der Waals surface area contributed by atoms with Gasteiger partial charge in [0.2, 0.25) is 0 Å². The van der Waals surface area contributed by atoms with Gasteiger partial charge in [0.05, 0.1) is 32.5 Å². The minimum absolute atomic E-state index is 0.00857. The van der Waals surface area contributed by atoms with Crippen molar-refractivity contribution in [3.8, 4) is 0 Å². The number of carbonyl (C=O) groups is 6. The van der Waals surface area contributed by atoms with Gasteiger partial charge in [-0.2, -0.15) is 0 Å². The van der Waals surface area contributed by atoms with E-state index in [4.69, 9.17) is 28.4 Å². The van der Waals surface area contributed by atoms with Crippen LogP contribution in [0.2, 0.25) is 0 Å². The summed E-state index contributed by atoms with van der Waals surface area (Å²) in [5.74, 6) is 8.88. The van der Waals surface area contributed by atoms with E-state index in [-0.39, 0.29) is 107 Å². The third kappa shape index (κ3) is 20.5. The van der Waals surface area contributed by atoms with E-state index in [2.05, 4.69) is 69.2 Å². The molecule has 15 aliphatic carbocycles. The molecule has 0 unspecified atom stereocenters. The Hall–Kier alpha value is -3.18. The van der Waals surface area contributed by atoms with Crippen LogP contribution in [0.1, 0.15) is 411 Å². The summed E-state index contributed by atoms with van der Waals surface area (Å²) in [6.45, 7) is 51.2. The van der Waals surface area contributed by atoms with Crippen molar-refractivity contribution in [3.05, 3.63) is 0 Å². The molecule has 104 heavy (non-hydrogen) atoms. The van der Waals surface area contributed by atoms with Gasteiger partial charge in [0.1, 0.15) is 33.6 Å². The molecule has 15 aliphatic rings. The van der Waals surface area contributed by atoms with Crippen LogP contribution in [0.25, 0.3) is 0 Å². The molecule has 15 rings (SSSR count). The van der Waals surface area contributed by atoms with Crippen molar-refractivity contribution in [3.63, 3.8) is 0 Å². The van der Waals surface area contributed by atoms with Crippen LogP contribution in [0, 0.1) is 103 Å². The normalized spacial score (nSPS) is 32.9. The first-order chi connectivity index (χ1) is 48.2. The summed E-state index contributed by atoms with van der Waals surface area (Å²) in [5.41, 5.74) is -2.89. The van der Waals surface area contributed by atoms with Gasteiger partial charge in [-0.25, -0.2) is 0 Å². The molecular weight excluding hydrogens is 1300 g/mol. The summed E-state index contributed by atoms with van der Waals surface area (Å²) >= 11 is 0. The van der Waals surface area contributed by atoms with Crippen LogP contribution in [-0.2, 0) is 57.2 Å². The second kappa shape index (κ2) is 34.2. The lowest BCUT2D eigenvalue weighted by atomic mass is 9.46. The maximum absolute atomic E-state index is 12.6. The van der Waals surface area contributed by atoms with E-state index in [1.54, 1.807) is 0 Å². The smallest absolute Gasteiger partial charge is 0.312 e. The summed E-state index contributed by atoms with van der Waals surface area (Å²) in [4.78, 5) is 73.5. The zero-order valence-corrected chi connectivity index (χ0v) is 71.9. The van der Waals surface area contributed by atoms with Gasteiger partial charge in [0, 0.05) is 5.41 Å². The Balaban J connectivity index is 0.000000176. The first-order valence-electron chi connectivity index (χ1n) is 43.6. The minimum atomic E-state index is -0.362. The molecule has 0 aromatic rings. The fourth-order valence-corrected chi connectivity index (χ4v) is 21.2. The van der Waals surface area contributed by atoms with Crippen LogP contribution in [0.3, 0.4) is 0 Å². The van der Waals surface area contributed by atoms with Crippen LogP contribution in [-0.4, -0.2) is 69.4 Å². The van der Waals surface area contributed by atoms with E-state index in [0.29, 0.717) is 23.7 Å². The van der Waals surface area contributed by atoms with Gasteiger partial charge in [-0.15, -0.1) is 0 Å². The van der Waals surface area contributed by atoms with E-state index < -0.39 is 0 Å². The third-order valence-electron chi connectivity index (χ3n) is 31.4. The minimum Gasteiger partial charge on any atom is -0.459 e. The average molecular weight is 1460 g/mol. The van der Waals surface area contributed by atoms with E-state index in [0.717, 1.165) is 131 Å². The molecular formula is C92H160O12. The summed E-state index contributed by atoms with van der Waals surface area (Å²) in [6, 6.07) is 0. The van der Waals surface area contributed by atoms with Crippen molar-refractivity contribution in [2.75, 3.05) is 0 Å². The molecule has 0 aromatic carbocycles. The maximum atomic E-state index is 12.6. The lowest BCUT2D eigenvalue weighted by molar-refractivity contribution is -0.218. The third-order valence-corrected chi connectivity index (χ3v) is 31.4. The molecule has 0 N–H and O–H groups in total. The second-order valence-electron chi connectivity index (χ2n) is 42.0. The molecule has 12 heteroatoms. The zero-order valence-electron chi connectivity index (χ0n) is 71.9. The number of ether oxygens (including phenoxy) is 6. The van der Waals surface area contributed by atoms with Crippen LogP contribution in [0.4, 0.5) is 0 Å². The van der Waals surface area contributed by atoms with E-state index in [1.807, 2.05) is 104 Å². The average Bonchev–Trinajstić information content (AvgIpc) is 0.741. The maximum Gasteiger partial charge on any atom is 0.312 e. The second-order valence-corrected chi connectivity index (χ2v) is 42.0. The van der Waals surface area contributed by atoms with Crippen LogP contribution >= 0.6 is 0 Å². The zero-order chi connectivity index (χ0) is 77.7. The van der Waals surface area contributed by atoms with Gasteiger partial charge in [-0.05, 0) is 414 Å². The molecule has 600 valence electrons.